The largest absolute Gasteiger partial charge is 0.338 e. The van der Waals surface area contributed by atoms with Gasteiger partial charge in [-0.05, 0) is 55.8 Å². The van der Waals surface area contributed by atoms with Crippen molar-refractivity contribution in [3.8, 4) is 5.69 Å². The summed E-state index contributed by atoms with van der Waals surface area (Å²) >= 11 is 12.6. The molecular weight excluding hydrogens is 449 g/mol. The molecule has 6 nitrogen and oxygen atoms in total. The summed E-state index contributed by atoms with van der Waals surface area (Å²) in [7, 11) is 1.36. The van der Waals surface area contributed by atoms with Crippen molar-refractivity contribution < 1.29 is 14.4 Å². The number of hydrogen-bond acceptors (Lipinski definition) is 3. The third-order valence-electron chi connectivity index (χ3n) is 5.40. The predicted octanol–water partition coefficient (Wildman–Crippen LogP) is 5.41. The number of likely N-dealkylation sites (N-methyl/N-ethyl adjacent to an activating group) is 1. The quantitative estimate of drug-likeness (QED) is 0.382. The molecule has 1 aliphatic heterocycles. The van der Waals surface area contributed by atoms with Gasteiger partial charge in [0.2, 0.25) is 0 Å². The van der Waals surface area contributed by atoms with E-state index in [1.54, 1.807) is 42.5 Å². The highest BCUT2D eigenvalue weighted by Crippen LogP contribution is 2.33. The molecule has 0 spiro atoms. The first-order valence-electron chi connectivity index (χ1n) is 9.79. The fourth-order valence-corrected chi connectivity index (χ4v) is 4.15. The zero-order valence-corrected chi connectivity index (χ0v) is 19.1. The summed E-state index contributed by atoms with van der Waals surface area (Å²) in [4.78, 5) is 40.7. The van der Waals surface area contributed by atoms with Gasteiger partial charge in [-0.15, -0.1) is 0 Å². The van der Waals surface area contributed by atoms with E-state index in [0.717, 1.165) is 21.2 Å². The van der Waals surface area contributed by atoms with Crippen LogP contribution >= 0.6 is 23.2 Å². The number of hydrogen-bond donors (Lipinski definition) is 0. The van der Waals surface area contributed by atoms with E-state index >= 15 is 0 Å². The van der Waals surface area contributed by atoms with Crippen LogP contribution in [0.2, 0.25) is 10.0 Å². The van der Waals surface area contributed by atoms with Crippen molar-refractivity contribution in [1.29, 1.82) is 0 Å². The maximum atomic E-state index is 13.2. The monoisotopic (exact) mass is 467 g/mol. The molecule has 1 saturated heterocycles. The molecule has 32 heavy (non-hydrogen) atoms. The molecule has 1 fully saturated rings. The van der Waals surface area contributed by atoms with Gasteiger partial charge in [0, 0.05) is 18.4 Å². The molecule has 0 N–H and O–H groups in total. The van der Waals surface area contributed by atoms with Crippen LogP contribution in [0, 0.1) is 13.8 Å². The molecule has 0 saturated carbocycles. The highest BCUT2D eigenvalue weighted by Gasteiger charge is 2.41. The van der Waals surface area contributed by atoms with Crippen molar-refractivity contribution in [2.75, 3.05) is 11.9 Å². The second-order valence-corrected chi connectivity index (χ2v) is 8.20. The third-order valence-corrected chi connectivity index (χ3v) is 6.21. The molecular formula is C24H19Cl2N3O3. The number of imide groups is 2. The maximum absolute atomic E-state index is 13.2. The van der Waals surface area contributed by atoms with Gasteiger partial charge in [0.25, 0.3) is 11.8 Å². The SMILES string of the molecule is Cc1cc(/C=C2\C(=O)N(C)C(=O)N(c3ccccc3)C2=O)c(C)n1-c1cccc(Cl)c1Cl. The van der Waals surface area contributed by atoms with Crippen molar-refractivity contribution in [2.24, 2.45) is 0 Å². The van der Waals surface area contributed by atoms with Gasteiger partial charge in [0.15, 0.2) is 0 Å². The van der Waals surface area contributed by atoms with Crippen molar-refractivity contribution in [2.45, 2.75) is 13.8 Å². The van der Waals surface area contributed by atoms with E-state index in [2.05, 4.69) is 0 Å². The Morgan fingerprint density at radius 3 is 2.25 bits per heavy atom. The number of carbonyl (C=O) groups is 3. The van der Waals surface area contributed by atoms with Crippen LogP contribution in [0.3, 0.4) is 0 Å². The molecule has 1 aromatic heterocycles. The summed E-state index contributed by atoms with van der Waals surface area (Å²) in [5, 5.41) is 0.827. The van der Waals surface area contributed by atoms with E-state index in [4.69, 9.17) is 23.2 Å². The Morgan fingerprint density at radius 1 is 0.875 bits per heavy atom. The molecule has 2 heterocycles. The number of aryl methyl sites for hydroxylation is 1. The number of halogens is 2. The molecule has 4 amide bonds. The highest BCUT2D eigenvalue weighted by molar-refractivity contribution is 6.43. The zero-order valence-electron chi connectivity index (χ0n) is 17.6. The van der Waals surface area contributed by atoms with Crippen LogP contribution in [0.1, 0.15) is 17.0 Å². The van der Waals surface area contributed by atoms with Gasteiger partial charge >= 0.3 is 6.03 Å². The van der Waals surface area contributed by atoms with Crippen LogP contribution in [0.15, 0.2) is 60.2 Å². The molecule has 0 bridgehead atoms. The van der Waals surface area contributed by atoms with Crippen molar-refractivity contribution in [3.63, 3.8) is 0 Å². The van der Waals surface area contributed by atoms with Crippen LogP contribution in [0.4, 0.5) is 10.5 Å². The number of urea groups is 1. The average molecular weight is 468 g/mol. The summed E-state index contributed by atoms with van der Waals surface area (Å²) in [6.07, 6.45) is 1.51. The number of nitrogens with zero attached hydrogens (tertiary/aromatic N) is 3. The summed E-state index contributed by atoms with van der Waals surface area (Å²) in [5.74, 6) is -1.33. The standard InChI is InChI=1S/C24H19Cl2N3O3/c1-14-12-16(15(2)28(14)20-11-7-10-19(25)21(20)26)13-18-22(30)27(3)24(32)29(23(18)31)17-8-5-4-6-9-17/h4-13H,1-3H3/b18-13+. The van der Waals surface area contributed by atoms with Crippen LogP contribution in [0.5, 0.6) is 0 Å². The minimum atomic E-state index is -0.695. The Hall–Kier alpha value is -3.35. The van der Waals surface area contributed by atoms with Crippen LogP contribution in [0.25, 0.3) is 11.8 Å². The number of rotatable bonds is 3. The van der Waals surface area contributed by atoms with Gasteiger partial charge in [0.05, 0.1) is 21.4 Å². The second-order valence-electron chi connectivity index (χ2n) is 7.42. The predicted molar refractivity (Wildman–Crippen MR) is 125 cm³/mol. The van der Waals surface area contributed by atoms with Gasteiger partial charge in [-0.1, -0.05) is 47.5 Å². The summed E-state index contributed by atoms with van der Waals surface area (Å²) in [6.45, 7) is 3.75. The van der Waals surface area contributed by atoms with Gasteiger partial charge in [-0.3, -0.25) is 14.5 Å². The lowest BCUT2D eigenvalue weighted by atomic mass is 10.1. The Labute approximate surface area is 195 Å². The molecule has 0 radical (unpaired) electrons. The number of para-hydroxylation sites is 1. The minimum Gasteiger partial charge on any atom is -0.316 e. The average Bonchev–Trinajstić information content (AvgIpc) is 3.05. The molecule has 8 heteroatoms. The minimum absolute atomic E-state index is 0.103. The first-order valence-corrected chi connectivity index (χ1v) is 10.5. The molecule has 0 atom stereocenters. The molecule has 1 aliphatic rings. The number of amides is 4. The maximum Gasteiger partial charge on any atom is 0.338 e. The number of anilines is 1. The van der Waals surface area contributed by atoms with Gasteiger partial charge in [-0.25, -0.2) is 9.69 Å². The van der Waals surface area contributed by atoms with Gasteiger partial charge in [0.1, 0.15) is 5.57 Å². The fraction of sp³-hybridized carbons (Fsp3) is 0.125. The highest BCUT2D eigenvalue weighted by atomic mass is 35.5. The van der Waals surface area contributed by atoms with E-state index in [1.807, 2.05) is 30.5 Å². The Bertz CT molecular complexity index is 1300. The lowest BCUT2D eigenvalue weighted by molar-refractivity contribution is -0.128. The molecule has 2 aromatic carbocycles. The van der Waals surface area contributed by atoms with Crippen molar-refractivity contribution in [1.82, 2.24) is 9.47 Å². The van der Waals surface area contributed by atoms with Crippen LogP contribution < -0.4 is 4.90 Å². The Kier molecular flexibility index (Phi) is 5.67. The lowest BCUT2D eigenvalue weighted by Gasteiger charge is -2.31. The Morgan fingerprint density at radius 2 is 1.56 bits per heavy atom. The number of barbiturate groups is 1. The van der Waals surface area contributed by atoms with Gasteiger partial charge < -0.3 is 4.57 Å². The number of benzene rings is 2. The van der Waals surface area contributed by atoms with Crippen LogP contribution in [-0.2, 0) is 9.59 Å². The first-order chi connectivity index (χ1) is 15.2. The smallest absolute Gasteiger partial charge is 0.316 e. The van der Waals surface area contributed by atoms with Crippen molar-refractivity contribution >= 4 is 52.8 Å². The summed E-state index contributed by atoms with van der Waals surface area (Å²) in [6, 6.07) is 15.0. The zero-order chi connectivity index (χ0) is 23.2. The van der Waals surface area contributed by atoms with E-state index in [-0.39, 0.29) is 5.57 Å². The normalized spacial score (nSPS) is 15.8. The summed E-state index contributed by atoms with van der Waals surface area (Å²) in [5.41, 5.74) is 3.26. The van der Waals surface area contributed by atoms with E-state index in [9.17, 15) is 14.4 Å². The summed E-state index contributed by atoms with van der Waals surface area (Å²) < 4.78 is 1.90. The lowest BCUT2D eigenvalue weighted by Crippen LogP contribution is -2.55. The number of aromatic nitrogens is 1. The molecule has 3 aromatic rings. The fourth-order valence-electron chi connectivity index (χ4n) is 3.77. The van der Waals surface area contributed by atoms with Crippen LogP contribution in [-0.4, -0.2) is 34.4 Å². The van der Waals surface area contributed by atoms with Crippen molar-refractivity contribution in [3.05, 3.63) is 87.2 Å². The van der Waals surface area contributed by atoms with Gasteiger partial charge in [-0.2, -0.15) is 0 Å². The van der Waals surface area contributed by atoms with E-state index in [0.29, 0.717) is 27.0 Å². The first kappa shape index (κ1) is 21.9. The topological polar surface area (TPSA) is 62.6 Å². The van der Waals surface area contributed by atoms with E-state index < -0.39 is 17.8 Å². The molecule has 0 unspecified atom stereocenters. The number of carbonyl (C=O) groups excluding carboxylic acids is 3. The molecule has 4 rings (SSSR count). The van der Waals surface area contributed by atoms with E-state index in [1.165, 1.54) is 13.1 Å². The molecule has 162 valence electrons. The Balaban J connectivity index is 1.83. The second kappa shape index (κ2) is 8.30. The third kappa shape index (κ3) is 3.51. The molecule has 0 aliphatic carbocycles.